The molecule has 44 heavy (non-hydrogen) atoms. The van der Waals surface area contributed by atoms with E-state index in [1.807, 2.05) is 0 Å². The summed E-state index contributed by atoms with van der Waals surface area (Å²) in [6.07, 6.45) is -12.4. The standard InChI is InChI=1S/C27H38O17/c1-12(28)35-9-18-8-27(44-17(6)33)11-37-26(23(40-15(4)31)24(27)41-16(5)32)43-20-19(10-36-18)42-25(34-7)22(39-14(3)30)21(20)38-13(2)29/h18-26H,8-11H2,1-7H3/t18-,19+,20?,21+,22+,23-,24-,25+,26+,27-/m0/s1. The Labute approximate surface area is 252 Å². The Bertz CT molecular complexity index is 1090. The smallest absolute Gasteiger partial charge is 0.303 e. The molecule has 4 fully saturated rings. The van der Waals surface area contributed by atoms with E-state index in [9.17, 15) is 28.8 Å². The van der Waals surface area contributed by atoms with Crippen LogP contribution in [0.2, 0.25) is 0 Å². The highest BCUT2D eigenvalue weighted by Crippen LogP contribution is 2.40. The first-order chi connectivity index (χ1) is 20.6. The van der Waals surface area contributed by atoms with Gasteiger partial charge in [-0.05, 0) is 0 Å². The van der Waals surface area contributed by atoms with Gasteiger partial charge in [0.1, 0.15) is 18.8 Å². The van der Waals surface area contributed by atoms with Crippen LogP contribution in [-0.4, -0.2) is 124 Å². The fourth-order valence-corrected chi connectivity index (χ4v) is 5.37. The summed E-state index contributed by atoms with van der Waals surface area (Å²) in [6.45, 7) is 5.57. The first-order valence-electron chi connectivity index (χ1n) is 13.7. The lowest BCUT2D eigenvalue weighted by atomic mass is 9.84. The van der Waals surface area contributed by atoms with E-state index in [0.717, 1.165) is 34.6 Å². The summed E-state index contributed by atoms with van der Waals surface area (Å²) in [5, 5.41) is 0. The van der Waals surface area contributed by atoms with E-state index in [1.165, 1.54) is 14.0 Å². The van der Waals surface area contributed by atoms with Gasteiger partial charge in [0.15, 0.2) is 42.6 Å². The van der Waals surface area contributed by atoms with Crippen LogP contribution in [0, 0.1) is 0 Å². The molecule has 0 aromatic heterocycles. The molecular formula is C27H38O17. The molecule has 4 saturated heterocycles. The minimum absolute atomic E-state index is 0.281. The number of fused-ring (bicyclic) bond motifs is 5. The van der Waals surface area contributed by atoms with E-state index < -0.39 is 103 Å². The number of carbonyl (C=O) groups excluding carboxylic acids is 6. The van der Waals surface area contributed by atoms with Crippen molar-refractivity contribution in [3.63, 3.8) is 0 Å². The van der Waals surface area contributed by atoms with Crippen molar-refractivity contribution in [3.05, 3.63) is 0 Å². The molecule has 2 bridgehead atoms. The molecule has 1 unspecified atom stereocenters. The predicted octanol–water partition coefficient (Wildman–Crippen LogP) is -0.520. The number of ether oxygens (including phenoxy) is 11. The van der Waals surface area contributed by atoms with E-state index >= 15 is 0 Å². The Morgan fingerprint density at radius 1 is 0.705 bits per heavy atom. The molecule has 17 heteroatoms. The van der Waals surface area contributed by atoms with E-state index in [-0.39, 0.29) is 19.6 Å². The van der Waals surface area contributed by atoms with E-state index in [2.05, 4.69) is 0 Å². The molecule has 0 radical (unpaired) electrons. The third kappa shape index (κ3) is 8.84. The van der Waals surface area contributed by atoms with Crippen molar-refractivity contribution in [1.29, 1.82) is 0 Å². The average molecular weight is 635 g/mol. The van der Waals surface area contributed by atoms with Crippen LogP contribution >= 0.6 is 0 Å². The average Bonchev–Trinajstić information content (AvgIpc) is 2.93. The van der Waals surface area contributed by atoms with Crippen molar-refractivity contribution in [2.75, 3.05) is 26.9 Å². The molecule has 0 N–H and O–H groups in total. The molecule has 0 aromatic rings. The monoisotopic (exact) mass is 634 g/mol. The lowest BCUT2D eigenvalue weighted by molar-refractivity contribution is -0.354. The van der Waals surface area contributed by atoms with Gasteiger partial charge < -0.3 is 52.1 Å². The maximum absolute atomic E-state index is 12.4. The van der Waals surface area contributed by atoms with E-state index in [1.54, 1.807) is 0 Å². The summed E-state index contributed by atoms with van der Waals surface area (Å²) < 4.78 is 62.8. The van der Waals surface area contributed by atoms with Gasteiger partial charge in [0.25, 0.3) is 0 Å². The summed E-state index contributed by atoms with van der Waals surface area (Å²) in [4.78, 5) is 73.1. The van der Waals surface area contributed by atoms with Gasteiger partial charge in [0.05, 0.1) is 19.3 Å². The van der Waals surface area contributed by atoms with Gasteiger partial charge in [-0.1, -0.05) is 0 Å². The van der Waals surface area contributed by atoms with Crippen LogP contribution in [0.3, 0.4) is 0 Å². The Morgan fingerprint density at radius 3 is 1.84 bits per heavy atom. The second-order valence-electron chi connectivity index (χ2n) is 10.4. The van der Waals surface area contributed by atoms with Gasteiger partial charge in [0.2, 0.25) is 0 Å². The van der Waals surface area contributed by atoms with Gasteiger partial charge in [0, 0.05) is 55.1 Å². The first-order valence-corrected chi connectivity index (χ1v) is 13.7. The number of hydrogen-bond donors (Lipinski definition) is 0. The molecule has 4 aliphatic rings. The van der Waals surface area contributed by atoms with Crippen molar-refractivity contribution >= 4 is 35.8 Å². The third-order valence-electron chi connectivity index (χ3n) is 6.78. The summed E-state index contributed by atoms with van der Waals surface area (Å²) in [7, 11) is 1.27. The Kier molecular flexibility index (Phi) is 12.0. The van der Waals surface area contributed by atoms with Crippen molar-refractivity contribution < 1.29 is 80.9 Å². The second kappa shape index (κ2) is 15.1. The number of esters is 6. The molecule has 0 aromatic carbocycles. The van der Waals surface area contributed by atoms with Crippen LogP contribution < -0.4 is 0 Å². The zero-order valence-corrected chi connectivity index (χ0v) is 25.5. The maximum Gasteiger partial charge on any atom is 0.303 e. The molecule has 0 amide bonds. The van der Waals surface area contributed by atoms with Gasteiger partial charge in [-0.3, -0.25) is 28.8 Å². The van der Waals surface area contributed by atoms with E-state index in [0.29, 0.717) is 0 Å². The minimum Gasteiger partial charge on any atom is -0.463 e. The number of methoxy groups -OCH3 is 1. The summed E-state index contributed by atoms with van der Waals surface area (Å²) in [6, 6.07) is 0. The molecule has 10 atom stereocenters. The van der Waals surface area contributed by atoms with Crippen LogP contribution in [0.5, 0.6) is 0 Å². The minimum atomic E-state index is -1.83. The van der Waals surface area contributed by atoms with E-state index in [4.69, 9.17) is 52.1 Å². The summed E-state index contributed by atoms with van der Waals surface area (Å²) in [5.74, 6) is -4.64. The quantitative estimate of drug-likeness (QED) is 0.243. The fourth-order valence-electron chi connectivity index (χ4n) is 5.37. The van der Waals surface area contributed by atoms with Crippen molar-refractivity contribution in [1.82, 2.24) is 0 Å². The zero-order valence-electron chi connectivity index (χ0n) is 25.5. The highest BCUT2D eigenvalue weighted by molar-refractivity contribution is 5.69. The van der Waals surface area contributed by atoms with Gasteiger partial charge in [-0.15, -0.1) is 0 Å². The second-order valence-corrected chi connectivity index (χ2v) is 10.4. The molecule has 0 aliphatic carbocycles. The normalized spacial score (nSPS) is 35.1. The third-order valence-corrected chi connectivity index (χ3v) is 6.78. The van der Waals surface area contributed by atoms with Gasteiger partial charge >= 0.3 is 35.8 Å². The highest BCUT2D eigenvalue weighted by Gasteiger charge is 2.61. The topological polar surface area (TPSA) is 204 Å². The number of rotatable bonds is 8. The Balaban J connectivity index is 2.20. The number of hydrogen-bond acceptors (Lipinski definition) is 17. The number of carbonyl (C=O) groups is 6. The molecule has 4 heterocycles. The van der Waals surface area contributed by atoms with Crippen molar-refractivity contribution in [2.45, 2.75) is 109 Å². The first kappa shape index (κ1) is 35.1. The predicted molar refractivity (Wildman–Crippen MR) is 138 cm³/mol. The summed E-state index contributed by atoms with van der Waals surface area (Å²) >= 11 is 0. The molecule has 248 valence electrons. The van der Waals surface area contributed by atoms with Gasteiger partial charge in [-0.2, -0.15) is 0 Å². The van der Waals surface area contributed by atoms with Crippen LogP contribution in [0.4, 0.5) is 0 Å². The summed E-state index contributed by atoms with van der Waals surface area (Å²) in [5.41, 5.74) is -1.83. The molecule has 17 nitrogen and oxygen atoms in total. The molecule has 0 spiro atoms. The molecule has 0 saturated carbocycles. The SMILES string of the molecule is CO[C@@H]1O[C@@H]2CO[C@H](COC(C)=O)C[C@]3(OC(C)=O)CO[C@H](OC2[C@@H](OC(C)=O)[C@H]1OC(C)=O)[C@@H](OC(C)=O)[C@@H]3OC(C)=O. The van der Waals surface area contributed by atoms with Gasteiger partial charge in [-0.25, -0.2) is 0 Å². The largest absolute Gasteiger partial charge is 0.463 e. The van der Waals surface area contributed by atoms with Crippen LogP contribution in [0.15, 0.2) is 0 Å². The van der Waals surface area contributed by atoms with Crippen LogP contribution in [0.1, 0.15) is 48.0 Å². The van der Waals surface area contributed by atoms with Crippen molar-refractivity contribution in [2.24, 2.45) is 0 Å². The lowest BCUT2D eigenvalue weighted by Crippen LogP contribution is -2.68. The Morgan fingerprint density at radius 2 is 1.30 bits per heavy atom. The highest BCUT2D eigenvalue weighted by atomic mass is 16.8. The lowest BCUT2D eigenvalue weighted by Gasteiger charge is -2.49. The van der Waals surface area contributed by atoms with Crippen LogP contribution in [-0.2, 0) is 80.9 Å². The Hall–Kier alpha value is -3.38. The zero-order chi connectivity index (χ0) is 32.8. The molecular weight excluding hydrogens is 596 g/mol. The molecule has 4 rings (SSSR count). The van der Waals surface area contributed by atoms with Crippen molar-refractivity contribution in [3.8, 4) is 0 Å². The fraction of sp³-hybridized carbons (Fsp3) is 0.778. The van der Waals surface area contributed by atoms with Crippen LogP contribution in [0.25, 0.3) is 0 Å². The molecule has 4 aliphatic heterocycles. The maximum atomic E-state index is 12.4.